The number of likely N-dealkylation sites (N-methyl/N-ethyl adjacent to an activating group) is 1. The number of esters is 1. The molecule has 0 spiro atoms. The Kier molecular flexibility index (Phi) is 5.74. The molecule has 0 bridgehead atoms. The summed E-state index contributed by atoms with van der Waals surface area (Å²) in [6.45, 7) is 3.56. The van der Waals surface area contributed by atoms with E-state index in [9.17, 15) is 18.0 Å². The molecule has 21 heavy (non-hydrogen) atoms. The van der Waals surface area contributed by atoms with Crippen molar-refractivity contribution in [1.29, 1.82) is 0 Å². The van der Waals surface area contributed by atoms with E-state index < -0.39 is 27.8 Å². The monoisotopic (exact) mass is 333 g/mol. The number of sulfone groups is 1. The van der Waals surface area contributed by atoms with Crippen molar-refractivity contribution in [2.75, 3.05) is 12.8 Å². The van der Waals surface area contributed by atoms with E-state index >= 15 is 0 Å². The molecule has 0 aromatic heterocycles. The number of rotatable bonds is 5. The maximum atomic E-state index is 12.0. The summed E-state index contributed by atoms with van der Waals surface area (Å²) >= 11 is 5.87. The highest BCUT2D eigenvalue weighted by Crippen LogP contribution is 2.21. The molecule has 6 nitrogen and oxygen atoms in total. The molecule has 0 unspecified atom stereocenters. The van der Waals surface area contributed by atoms with E-state index in [1.165, 1.54) is 19.1 Å². The van der Waals surface area contributed by atoms with Gasteiger partial charge in [-0.15, -0.1) is 0 Å². The topological polar surface area (TPSA) is 89.5 Å². The first kappa shape index (κ1) is 17.5. The number of benzene rings is 1. The van der Waals surface area contributed by atoms with Gasteiger partial charge < -0.3 is 10.1 Å². The lowest BCUT2D eigenvalue weighted by Gasteiger charge is -2.13. The molecule has 8 heteroatoms. The van der Waals surface area contributed by atoms with Crippen molar-refractivity contribution < 1.29 is 22.7 Å². The van der Waals surface area contributed by atoms with Crippen LogP contribution in [0.3, 0.4) is 0 Å². The van der Waals surface area contributed by atoms with Gasteiger partial charge in [0.15, 0.2) is 15.9 Å². The van der Waals surface area contributed by atoms with Crippen molar-refractivity contribution in [1.82, 2.24) is 5.32 Å². The summed E-state index contributed by atoms with van der Waals surface area (Å²) in [6.07, 6.45) is 0.0123. The van der Waals surface area contributed by atoms with E-state index in [0.29, 0.717) is 6.54 Å². The van der Waals surface area contributed by atoms with Crippen molar-refractivity contribution in [2.24, 2.45) is 0 Å². The fourth-order valence-corrected chi connectivity index (χ4v) is 2.33. The maximum absolute atomic E-state index is 12.0. The second kappa shape index (κ2) is 6.91. The van der Waals surface area contributed by atoms with Crippen LogP contribution in [0.15, 0.2) is 23.1 Å². The average Bonchev–Trinajstić information content (AvgIpc) is 2.37. The molecule has 0 radical (unpaired) electrons. The van der Waals surface area contributed by atoms with E-state index in [-0.39, 0.29) is 15.5 Å². The molecule has 1 N–H and O–H groups in total. The Morgan fingerprint density at radius 1 is 1.38 bits per heavy atom. The molecular formula is C13H16ClNO5S. The number of halogens is 1. The Bertz CT molecular complexity index is 657. The number of carbonyl (C=O) groups is 2. The molecule has 0 fully saturated rings. The van der Waals surface area contributed by atoms with Crippen LogP contribution in [0.5, 0.6) is 0 Å². The molecule has 1 amide bonds. The summed E-state index contributed by atoms with van der Waals surface area (Å²) in [7, 11) is -3.47. The first-order valence-corrected chi connectivity index (χ1v) is 8.42. The third-order valence-electron chi connectivity index (χ3n) is 2.59. The normalized spacial score (nSPS) is 12.6. The summed E-state index contributed by atoms with van der Waals surface area (Å²) < 4.78 is 27.9. The molecular weight excluding hydrogens is 318 g/mol. The SMILES string of the molecule is CCNC(=O)[C@@H](C)OC(=O)c1cc(S(C)(=O)=O)ccc1Cl. The van der Waals surface area contributed by atoms with Gasteiger partial charge in [0.25, 0.3) is 5.91 Å². The van der Waals surface area contributed by atoms with Crippen molar-refractivity contribution in [3.05, 3.63) is 28.8 Å². The van der Waals surface area contributed by atoms with E-state index in [0.717, 1.165) is 12.3 Å². The molecule has 0 saturated heterocycles. The van der Waals surface area contributed by atoms with Crippen LogP contribution in [0, 0.1) is 0 Å². The second-order valence-corrected chi connectivity index (χ2v) is 6.78. The molecule has 1 atom stereocenters. The summed E-state index contributed by atoms with van der Waals surface area (Å²) in [5.41, 5.74) is -0.101. The van der Waals surface area contributed by atoms with Crippen LogP contribution in [0.1, 0.15) is 24.2 Å². The third kappa shape index (κ3) is 4.71. The van der Waals surface area contributed by atoms with Gasteiger partial charge in [0.2, 0.25) is 0 Å². The molecule has 1 aromatic rings. The van der Waals surface area contributed by atoms with Crippen LogP contribution >= 0.6 is 11.6 Å². The van der Waals surface area contributed by atoms with Crippen LogP contribution in [-0.4, -0.2) is 39.2 Å². The predicted molar refractivity (Wildman–Crippen MR) is 78.1 cm³/mol. The first-order valence-electron chi connectivity index (χ1n) is 6.15. The lowest BCUT2D eigenvalue weighted by atomic mass is 10.2. The number of hydrogen-bond acceptors (Lipinski definition) is 5. The highest BCUT2D eigenvalue weighted by molar-refractivity contribution is 7.90. The summed E-state index contributed by atoms with van der Waals surface area (Å²) in [6, 6.07) is 3.72. The molecule has 1 aromatic carbocycles. The van der Waals surface area contributed by atoms with Crippen molar-refractivity contribution in [3.63, 3.8) is 0 Å². The van der Waals surface area contributed by atoms with Gasteiger partial charge in [0, 0.05) is 12.8 Å². The second-order valence-electron chi connectivity index (χ2n) is 4.36. The van der Waals surface area contributed by atoms with Gasteiger partial charge in [-0.1, -0.05) is 11.6 Å². The fraction of sp³-hybridized carbons (Fsp3) is 0.385. The first-order chi connectivity index (χ1) is 9.66. The minimum Gasteiger partial charge on any atom is -0.449 e. The molecule has 1 rings (SSSR count). The Morgan fingerprint density at radius 3 is 2.52 bits per heavy atom. The van der Waals surface area contributed by atoms with Crippen LogP contribution < -0.4 is 5.32 Å². The summed E-state index contributed by atoms with van der Waals surface area (Å²) in [5.74, 6) is -1.30. The van der Waals surface area contributed by atoms with Gasteiger partial charge in [0.05, 0.1) is 15.5 Å². The smallest absolute Gasteiger partial charge is 0.340 e. The zero-order chi connectivity index (χ0) is 16.2. The number of carbonyl (C=O) groups excluding carboxylic acids is 2. The Balaban J connectivity index is 3.00. The fourth-order valence-electron chi connectivity index (χ4n) is 1.49. The molecule has 0 heterocycles. The highest BCUT2D eigenvalue weighted by atomic mass is 35.5. The molecule has 0 saturated carbocycles. The Morgan fingerprint density at radius 2 is 2.00 bits per heavy atom. The number of ether oxygens (including phenoxy) is 1. The standard InChI is InChI=1S/C13H16ClNO5S/c1-4-15-12(16)8(2)20-13(17)10-7-9(21(3,18)19)5-6-11(10)14/h5-8H,4H2,1-3H3,(H,15,16)/t8-/m1/s1. The third-order valence-corrected chi connectivity index (χ3v) is 4.03. The van der Waals surface area contributed by atoms with E-state index in [4.69, 9.17) is 16.3 Å². The van der Waals surface area contributed by atoms with Crippen molar-refractivity contribution >= 4 is 33.3 Å². The van der Waals surface area contributed by atoms with E-state index in [1.807, 2.05) is 0 Å². The minimum absolute atomic E-state index is 0.0514. The Labute approximate surface area is 128 Å². The minimum atomic E-state index is -3.47. The van der Waals surface area contributed by atoms with Crippen LogP contribution in [0.4, 0.5) is 0 Å². The molecule has 0 aliphatic heterocycles. The van der Waals surface area contributed by atoms with Crippen molar-refractivity contribution in [2.45, 2.75) is 24.8 Å². The highest BCUT2D eigenvalue weighted by Gasteiger charge is 2.21. The zero-order valence-corrected chi connectivity index (χ0v) is 13.4. The van der Waals surface area contributed by atoms with Crippen LogP contribution in [0.25, 0.3) is 0 Å². The largest absolute Gasteiger partial charge is 0.449 e. The lowest BCUT2D eigenvalue weighted by Crippen LogP contribution is -2.35. The summed E-state index contributed by atoms with van der Waals surface area (Å²) in [4.78, 5) is 23.4. The van der Waals surface area contributed by atoms with Crippen molar-refractivity contribution in [3.8, 4) is 0 Å². The number of nitrogens with one attached hydrogen (secondary N) is 1. The van der Waals surface area contributed by atoms with E-state index in [1.54, 1.807) is 6.92 Å². The van der Waals surface area contributed by atoms with Gasteiger partial charge in [-0.05, 0) is 32.0 Å². The van der Waals surface area contributed by atoms with Gasteiger partial charge in [0.1, 0.15) is 0 Å². The zero-order valence-electron chi connectivity index (χ0n) is 11.8. The quantitative estimate of drug-likeness (QED) is 0.823. The summed E-state index contributed by atoms with van der Waals surface area (Å²) in [5, 5.41) is 2.56. The number of amides is 1. The van der Waals surface area contributed by atoms with E-state index in [2.05, 4.69) is 5.32 Å². The van der Waals surface area contributed by atoms with Gasteiger partial charge in [-0.2, -0.15) is 0 Å². The predicted octanol–water partition coefficient (Wildman–Crippen LogP) is 1.42. The van der Waals surface area contributed by atoms with Gasteiger partial charge >= 0.3 is 5.97 Å². The molecule has 0 aliphatic carbocycles. The Hall–Kier alpha value is -1.60. The number of hydrogen-bond donors (Lipinski definition) is 1. The lowest BCUT2D eigenvalue weighted by molar-refractivity contribution is -0.128. The average molecular weight is 334 g/mol. The van der Waals surface area contributed by atoms with Crippen LogP contribution in [0.2, 0.25) is 5.02 Å². The maximum Gasteiger partial charge on any atom is 0.340 e. The van der Waals surface area contributed by atoms with Crippen LogP contribution in [-0.2, 0) is 19.4 Å². The van der Waals surface area contributed by atoms with Gasteiger partial charge in [-0.25, -0.2) is 13.2 Å². The van der Waals surface area contributed by atoms with Gasteiger partial charge in [-0.3, -0.25) is 4.79 Å². The molecule has 116 valence electrons. The molecule has 0 aliphatic rings.